The molecule has 1 unspecified atom stereocenters. The lowest BCUT2D eigenvalue weighted by molar-refractivity contribution is 0.722. The van der Waals surface area contributed by atoms with Gasteiger partial charge in [0.05, 0.1) is 0 Å². The van der Waals surface area contributed by atoms with Gasteiger partial charge >= 0.3 is 0 Å². The quantitative estimate of drug-likeness (QED) is 0.913. The Morgan fingerprint density at radius 1 is 1.22 bits per heavy atom. The first-order valence-corrected chi connectivity index (χ1v) is 6.91. The minimum atomic E-state index is 0.158. The molecule has 2 rings (SSSR count). The van der Waals surface area contributed by atoms with E-state index in [1.807, 2.05) is 19.2 Å². The Balaban J connectivity index is 2.26. The smallest absolute Gasteiger partial charge is 0.104 e. The maximum Gasteiger partial charge on any atom is 0.104 e. The first kappa shape index (κ1) is 13.1. The highest BCUT2D eigenvalue weighted by Crippen LogP contribution is 2.31. The van der Waals surface area contributed by atoms with Gasteiger partial charge in [0.25, 0.3) is 0 Å². The summed E-state index contributed by atoms with van der Waals surface area (Å²) in [6.07, 6.45) is 2.70. The van der Waals surface area contributed by atoms with Crippen molar-refractivity contribution in [2.45, 2.75) is 36.2 Å². The molecule has 0 aliphatic heterocycles. The van der Waals surface area contributed by atoms with Crippen LogP contribution in [0.2, 0.25) is 0 Å². The van der Waals surface area contributed by atoms with Gasteiger partial charge < -0.3 is 5.73 Å². The van der Waals surface area contributed by atoms with Crippen LogP contribution in [0, 0.1) is 6.92 Å². The van der Waals surface area contributed by atoms with E-state index in [1.165, 1.54) is 16.0 Å². The van der Waals surface area contributed by atoms with Gasteiger partial charge in [-0.25, -0.2) is 4.98 Å². The molecule has 2 nitrogen and oxygen atoms in total. The van der Waals surface area contributed by atoms with Crippen molar-refractivity contribution in [3.8, 4) is 0 Å². The highest BCUT2D eigenvalue weighted by molar-refractivity contribution is 7.99. The first-order chi connectivity index (χ1) is 8.66. The Kier molecular flexibility index (Phi) is 4.39. The fraction of sp³-hybridized carbons (Fsp3) is 0.267. The molecule has 0 radical (unpaired) electrons. The van der Waals surface area contributed by atoms with Crippen LogP contribution < -0.4 is 5.73 Å². The third-order valence-electron chi connectivity index (χ3n) is 2.69. The summed E-state index contributed by atoms with van der Waals surface area (Å²) >= 11 is 1.72. The van der Waals surface area contributed by atoms with E-state index in [2.05, 4.69) is 42.2 Å². The van der Waals surface area contributed by atoms with Gasteiger partial charge in [0.15, 0.2) is 0 Å². The number of hydrogen-bond donors (Lipinski definition) is 1. The summed E-state index contributed by atoms with van der Waals surface area (Å²) in [5, 5.41) is 1.06. The van der Waals surface area contributed by atoms with E-state index >= 15 is 0 Å². The minimum Gasteiger partial charge on any atom is -0.328 e. The predicted octanol–water partition coefficient (Wildman–Crippen LogP) is 3.43. The molecule has 94 valence electrons. The largest absolute Gasteiger partial charge is 0.328 e. The summed E-state index contributed by atoms with van der Waals surface area (Å²) in [7, 11) is 0. The highest BCUT2D eigenvalue weighted by Gasteiger charge is 2.08. The SMILES string of the molecule is Cc1ccccc1Sc1ncccc1CC(C)N. The molecule has 0 bridgehead atoms. The van der Waals surface area contributed by atoms with Crippen molar-refractivity contribution in [1.82, 2.24) is 4.98 Å². The minimum absolute atomic E-state index is 0.158. The third kappa shape index (κ3) is 3.34. The molecule has 0 fully saturated rings. The fourth-order valence-corrected chi connectivity index (χ4v) is 2.77. The van der Waals surface area contributed by atoms with Crippen molar-refractivity contribution in [3.63, 3.8) is 0 Å². The number of hydrogen-bond acceptors (Lipinski definition) is 3. The summed E-state index contributed by atoms with van der Waals surface area (Å²) in [5.41, 5.74) is 8.38. The number of nitrogens with two attached hydrogens (primary N) is 1. The molecule has 0 aliphatic rings. The number of benzene rings is 1. The van der Waals surface area contributed by atoms with Crippen molar-refractivity contribution in [3.05, 3.63) is 53.7 Å². The van der Waals surface area contributed by atoms with Gasteiger partial charge in [-0.3, -0.25) is 0 Å². The van der Waals surface area contributed by atoms with Crippen LogP contribution in [0.3, 0.4) is 0 Å². The fourth-order valence-electron chi connectivity index (χ4n) is 1.79. The molecule has 0 saturated heterocycles. The van der Waals surface area contributed by atoms with E-state index in [0.29, 0.717) is 0 Å². The zero-order chi connectivity index (χ0) is 13.0. The van der Waals surface area contributed by atoms with Gasteiger partial charge in [-0.2, -0.15) is 0 Å². The lowest BCUT2D eigenvalue weighted by Crippen LogP contribution is -2.18. The third-order valence-corrected chi connectivity index (χ3v) is 3.93. The summed E-state index contributed by atoms with van der Waals surface area (Å²) in [4.78, 5) is 5.73. The molecule has 3 heteroatoms. The van der Waals surface area contributed by atoms with E-state index in [1.54, 1.807) is 11.8 Å². The molecule has 2 aromatic rings. The van der Waals surface area contributed by atoms with Crippen molar-refractivity contribution < 1.29 is 0 Å². The average Bonchev–Trinajstić information content (AvgIpc) is 2.34. The summed E-state index contributed by atoms with van der Waals surface area (Å²) in [5.74, 6) is 0. The molecular formula is C15H18N2S. The van der Waals surface area contributed by atoms with Crippen LogP contribution in [-0.4, -0.2) is 11.0 Å². The Morgan fingerprint density at radius 2 is 2.00 bits per heavy atom. The second-order valence-corrected chi connectivity index (χ2v) is 5.55. The molecule has 0 aliphatic carbocycles. The highest BCUT2D eigenvalue weighted by atomic mass is 32.2. The van der Waals surface area contributed by atoms with Gasteiger partial charge in [0.2, 0.25) is 0 Å². The Morgan fingerprint density at radius 3 is 2.72 bits per heavy atom. The zero-order valence-corrected chi connectivity index (χ0v) is 11.6. The number of pyridine rings is 1. The molecule has 1 aromatic heterocycles. The van der Waals surface area contributed by atoms with Crippen LogP contribution in [0.25, 0.3) is 0 Å². The van der Waals surface area contributed by atoms with Crippen LogP contribution in [-0.2, 0) is 6.42 Å². The monoisotopic (exact) mass is 258 g/mol. The van der Waals surface area contributed by atoms with Gasteiger partial charge in [-0.15, -0.1) is 0 Å². The molecule has 0 amide bonds. The van der Waals surface area contributed by atoms with Crippen LogP contribution in [0.1, 0.15) is 18.1 Å². The van der Waals surface area contributed by atoms with Crippen molar-refractivity contribution >= 4 is 11.8 Å². The van der Waals surface area contributed by atoms with Crippen LogP contribution in [0.5, 0.6) is 0 Å². The molecule has 18 heavy (non-hydrogen) atoms. The van der Waals surface area contributed by atoms with E-state index in [-0.39, 0.29) is 6.04 Å². The normalized spacial score (nSPS) is 12.4. The topological polar surface area (TPSA) is 38.9 Å². The molecule has 1 aromatic carbocycles. The number of aryl methyl sites for hydroxylation is 1. The van der Waals surface area contributed by atoms with Gasteiger partial charge in [-0.05, 0) is 43.5 Å². The lowest BCUT2D eigenvalue weighted by Gasteiger charge is -2.11. The van der Waals surface area contributed by atoms with Crippen LogP contribution in [0.15, 0.2) is 52.5 Å². The predicted molar refractivity (Wildman–Crippen MR) is 76.9 cm³/mol. The molecule has 0 spiro atoms. The van der Waals surface area contributed by atoms with Crippen molar-refractivity contribution in [2.24, 2.45) is 5.73 Å². The number of rotatable bonds is 4. The maximum absolute atomic E-state index is 5.88. The van der Waals surface area contributed by atoms with Gasteiger partial charge in [0, 0.05) is 17.1 Å². The molecule has 1 atom stereocenters. The zero-order valence-electron chi connectivity index (χ0n) is 10.8. The molecular weight excluding hydrogens is 240 g/mol. The maximum atomic E-state index is 5.88. The Labute approximate surface area is 113 Å². The molecule has 1 heterocycles. The first-order valence-electron chi connectivity index (χ1n) is 6.10. The molecule has 2 N–H and O–H groups in total. The van der Waals surface area contributed by atoms with E-state index < -0.39 is 0 Å². The summed E-state index contributed by atoms with van der Waals surface area (Å²) in [6.45, 7) is 4.14. The van der Waals surface area contributed by atoms with Crippen LogP contribution in [0.4, 0.5) is 0 Å². The second-order valence-electron chi connectivity index (χ2n) is 4.52. The van der Waals surface area contributed by atoms with E-state index in [9.17, 15) is 0 Å². The summed E-state index contributed by atoms with van der Waals surface area (Å²) in [6, 6.07) is 12.6. The van der Waals surface area contributed by atoms with Gasteiger partial charge in [-0.1, -0.05) is 36.0 Å². The van der Waals surface area contributed by atoms with Crippen molar-refractivity contribution in [2.75, 3.05) is 0 Å². The lowest BCUT2D eigenvalue weighted by atomic mass is 10.1. The standard InChI is InChI=1S/C15H18N2S/c1-11-6-3-4-8-14(11)18-15-13(10-12(2)16)7-5-9-17-15/h3-9,12H,10,16H2,1-2H3. The average molecular weight is 258 g/mol. The molecule has 0 saturated carbocycles. The number of nitrogens with zero attached hydrogens (tertiary/aromatic N) is 1. The van der Waals surface area contributed by atoms with E-state index in [0.717, 1.165) is 11.4 Å². The van der Waals surface area contributed by atoms with E-state index in [4.69, 9.17) is 5.73 Å². The van der Waals surface area contributed by atoms with Gasteiger partial charge in [0.1, 0.15) is 5.03 Å². The van der Waals surface area contributed by atoms with Crippen molar-refractivity contribution in [1.29, 1.82) is 0 Å². The second kappa shape index (κ2) is 6.03. The number of aromatic nitrogens is 1. The Hall–Kier alpha value is -1.32. The van der Waals surface area contributed by atoms with Crippen LogP contribution >= 0.6 is 11.8 Å². The Bertz CT molecular complexity index is 523. The summed E-state index contributed by atoms with van der Waals surface area (Å²) < 4.78 is 0.